The molecule has 0 heterocycles. The first-order valence-corrected chi connectivity index (χ1v) is 11.6. The summed E-state index contributed by atoms with van der Waals surface area (Å²) in [4.78, 5) is 24.5. The lowest BCUT2D eigenvalue weighted by molar-refractivity contribution is 0.103. The summed E-state index contributed by atoms with van der Waals surface area (Å²) in [5, 5.41) is 0. The average Bonchev–Trinajstić information content (AvgIpc) is 2.91. The van der Waals surface area contributed by atoms with Crippen molar-refractivity contribution in [1.29, 1.82) is 0 Å². The Morgan fingerprint density at radius 3 is 1.56 bits per heavy atom. The fourth-order valence-electron chi connectivity index (χ4n) is 3.83. The van der Waals surface area contributed by atoms with Gasteiger partial charge in [-0.2, -0.15) is 0 Å². The summed E-state index contributed by atoms with van der Waals surface area (Å²) in [6.07, 6.45) is 4.69. The number of ketones is 2. The van der Waals surface area contributed by atoms with Crippen molar-refractivity contribution in [2.24, 2.45) is 0 Å². The molecular formula is C32H30O2. The molecule has 0 bridgehead atoms. The van der Waals surface area contributed by atoms with Crippen LogP contribution in [0.25, 0.3) is 0 Å². The molecule has 2 heteroatoms. The van der Waals surface area contributed by atoms with Gasteiger partial charge in [-0.15, -0.1) is 6.58 Å². The van der Waals surface area contributed by atoms with Crippen LogP contribution in [0.15, 0.2) is 122 Å². The summed E-state index contributed by atoms with van der Waals surface area (Å²) < 4.78 is 0. The molecule has 4 aromatic carbocycles. The molecule has 34 heavy (non-hydrogen) atoms. The molecule has 0 aliphatic heterocycles. The second-order valence-corrected chi connectivity index (χ2v) is 7.94. The number of benzene rings is 4. The predicted octanol–water partition coefficient (Wildman–Crippen LogP) is 7.52. The number of aryl methyl sites for hydroxylation is 1. The lowest BCUT2D eigenvalue weighted by atomic mass is 9.91. The maximum Gasteiger partial charge on any atom is 0.193 e. The SMILES string of the molecule is C=CCc1c(CCC)cccc1C(=O)c1ccccc1.O=C(c1ccccc1)c1ccccc1. The first kappa shape index (κ1) is 24.6. The maximum absolute atomic E-state index is 12.7. The van der Waals surface area contributed by atoms with Gasteiger partial charge < -0.3 is 0 Å². The second-order valence-electron chi connectivity index (χ2n) is 7.94. The molecule has 4 rings (SSSR count). The Bertz CT molecular complexity index is 1170. The molecule has 2 nitrogen and oxygen atoms in total. The van der Waals surface area contributed by atoms with Crippen molar-refractivity contribution in [3.8, 4) is 0 Å². The van der Waals surface area contributed by atoms with Crippen molar-refractivity contribution in [3.05, 3.63) is 155 Å². The highest BCUT2D eigenvalue weighted by atomic mass is 16.1. The average molecular weight is 447 g/mol. The largest absolute Gasteiger partial charge is 0.289 e. The molecule has 0 amide bonds. The lowest BCUT2D eigenvalue weighted by Crippen LogP contribution is -2.07. The number of carbonyl (C=O) groups is 2. The minimum atomic E-state index is 0.0752. The van der Waals surface area contributed by atoms with E-state index in [1.807, 2.05) is 109 Å². The van der Waals surface area contributed by atoms with E-state index < -0.39 is 0 Å². The molecule has 0 N–H and O–H groups in total. The van der Waals surface area contributed by atoms with Gasteiger partial charge in [-0.25, -0.2) is 0 Å². The van der Waals surface area contributed by atoms with Crippen LogP contribution in [0.1, 0.15) is 56.3 Å². The third kappa shape index (κ3) is 6.49. The normalized spacial score (nSPS) is 10.0. The maximum atomic E-state index is 12.7. The van der Waals surface area contributed by atoms with Gasteiger partial charge in [-0.3, -0.25) is 9.59 Å². The van der Waals surface area contributed by atoms with E-state index in [1.165, 1.54) is 5.56 Å². The molecule has 0 aliphatic rings. The van der Waals surface area contributed by atoms with Gasteiger partial charge in [0.15, 0.2) is 11.6 Å². The van der Waals surface area contributed by atoms with Gasteiger partial charge in [-0.1, -0.05) is 129 Å². The highest BCUT2D eigenvalue weighted by Crippen LogP contribution is 2.21. The van der Waals surface area contributed by atoms with Gasteiger partial charge in [0, 0.05) is 22.3 Å². The number of hydrogen-bond acceptors (Lipinski definition) is 2. The molecule has 0 saturated heterocycles. The minimum absolute atomic E-state index is 0.0752. The molecule has 4 aromatic rings. The zero-order valence-corrected chi connectivity index (χ0v) is 19.6. The van der Waals surface area contributed by atoms with Crippen LogP contribution in [0.5, 0.6) is 0 Å². The first-order chi connectivity index (χ1) is 16.7. The lowest BCUT2D eigenvalue weighted by Gasteiger charge is -2.12. The van der Waals surface area contributed by atoms with Gasteiger partial charge in [0.05, 0.1) is 0 Å². The summed E-state index contributed by atoms with van der Waals surface area (Å²) in [6.45, 7) is 5.98. The van der Waals surface area contributed by atoms with Gasteiger partial charge in [0.2, 0.25) is 0 Å². The van der Waals surface area contributed by atoms with E-state index in [0.717, 1.165) is 47.1 Å². The number of allylic oxidation sites excluding steroid dienone is 1. The van der Waals surface area contributed by atoms with Crippen molar-refractivity contribution in [2.45, 2.75) is 26.2 Å². The Morgan fingerprint density at radius 1 is 0.647 bits per heavy atom. The molecule has 0 fully saturated rings. The standard InChI is InChI=1S/C19H20O.C13H10O/c1-3-9-15-13-8-14-18(17(15)10-4-2)19(20)16-11-6-5-7-12-16;14-13(11-7-3-1-4-8-11)12-9-5-2-6-10-12/h4-8,11-14H,2-3,9-10H2,1H3;1-10H. The van der Waals surface area contributed by atoms with E-state index in [4.69, 9.17) is 0 Å². The smallest absolute Gasteiger partial charge is 0.193 e. The quantitative estimate of drug-likeness (QED) is 0.207. The number of hydrogen-bond donors (Lipinski definition) is 0. The summed E-state index contributed by atoms with van der Waals surface area (Å²) >= 11 is 0. The monoisotopic (exact) mass is 446 g/mol. The van der Waals surface area contributed by atoms with Crippen LogP contribution in [-0.2, 0) is 12.8 Å². The van der Waals surface area contributed by atoms with Crippen molar-refractivity contribution in [2.75, 3.05) is 0 Å². The number of rotatable bonds is 8. The van der Waals surface area contributed by atoms with E-state index in [0.29, 0.717) is 0 Å². The second kappa shape index (κ2) is 12.9. The first-order valence-electron chi connectivity index (χ1n) is 11.6. The fraction of sp³-hybridized carbons (Fsp3) is 0.125. The van der Waals surface area contributed by atoms with E-state index in [1.54, 1.807) is 0 Å². The van der Waals surface area contributed by atoms with E-state index >= 15 is 0 Å². The minimum Gasteiger partial charge on any atom is -0.289 e. The molecule has 0 radical (unpaired) electrons. The van der Waals surface area contributed by atoms with Crippen LogP contribution < -0.4 is 0 Å². The van der Waals surface area contributed by atoms with Crippen LogP contribution >= 0.6 is 0 Å². The van der Waals surface area contributed by atoms with E-state index in [-0.39, 0.29) is 11.6 Å². The Morgan fingerprint density at radius 2 is 1.12 bits per heavy atom. The highest BCUT2D eigenvalue weighted by molar-refractivity contribution is 6.10. The van der Waals surface area contributed by atoms with Crippen LogP contribution in [-0.4, -0.2) is 11.6 Å². The summed E-state index contributed by atoms with van der Waals surface area (Å²) in [5.41, 5.74) is 5.40. The van der Waals surface area contributed by atoms with Crippen molar-refractivity contribution in [3.63, 3.8) is 0 Å². The molecule has 0 spiro atoms. The van der Waals surface area contributed by atoms with Crippen LogP contribution in [0.2, 0.25) is 0 Å². The summed E-state index contributed by atoms with van der Waals surface area (Å²) in [6, 6.07) is 34.1. The Labute approximate surface area is 202 Å². The molecule has 0 aromatic heterocycles. The molecular weight excluding hydrogens is 416 g/mol. The summed E-state index contributed by atoms with van der Waals surface area (Å²) in [7, 11) is 0. The van der Waals surface area contributed by atoms with Gasteiger partial charge in [0.25, 0.3) is 0 Å². The van der Waals surface area contributed by atoms with Crippen molar-refractivity contribution < 1.29 is 9.59 Å². The van der Waals surface area contributed by atoms with Gasteiger partial charge in [-0.05, 0) is 24.0 Å². The van der Waals surface area contributed by atoms with Crippen molar-refractivity contribution in [1.82, 2.24) is 0 Å². The summed E-state index contributed by atoms with van der Waals surface area (Å²) in [5.74, 6) is 0.173. The third-order valence-corrected chi connectivity index (χ3v) is 5.49. The zero-order chi connectivity index (χ0) is 24.2. The van der Waals surface area contributed by atoms with E-state index in [9.17, 15) is 9.59 Å². The van der Waals surface area contributed by atoms with E-state index in [2.05, 4.69) is 19.6 Å². The Kier molecular flexibility index (Phi) is 9.30. The highest BCUT2D eigenvalue weighted by Gasteiger charge is 2.15. The van der Waals surface area contributed by atoms with Crippen molar-refractivity contribution >= 4 is 11.6 Å². The fourth-order valence-corrected chi connectivity index (χ4v) is 3.83. The zero-order valence-electron chi connectivity index (χ0n) is 19.6. The Hall–Kier alpha value is -4.04. The van der Waals surface area contributed by atoms with Gasteiger partial charge >= 0.3 is 0 Å². The van der Waals surface area contributed by atoms with Crippen LogP contribution in [0.4, 0.5) is 0 Å². The topological polar surface area (TPSA) is 34.1 Å². The molecule has 170 valence electrons. The molecule has 0 aliphatic carbocycles. The third-order valence-electron chi connectivity index (χ3n) is 5.49. The molecule has 0 unspecified atom stereocenters. The number of carbonyl (C=O) groups excluding carboxylic acids is 2. The van der Waals surface area contributed by atoms with Gasteiger partial charge in [0.1, 0.15) is 0 Å². The van der Waals surface area contributed by atoms with Crippen LogP contribution in [0.3, 0.4) is 0 Å². The Balaban J connectivity index is 0.000000202. The van der Waals surface area contributed by atoms with Crippen LogP contribution in [0, 0.1) is 0 Å². The molecule has 0 atom stereocenters. The predicted molar refractivity (Wildman–Crippen MR) is 141 cm³/mol. The molecule has 0 saturated carbocycles.